The summed E-state index contributed by atoms with van der Waals surface area (Å²) in [6.45, 7) is 4.10. The number of benzene rings is 1. The highest BCUT2D eigenvalue weighted by molar-refractivity contribution is 9.09. The first-order valence-electron chi connectivity index (χ1n) is 7.60. The standard InChI is InChI=1S/C17H22BrClO/c1-11-8-13(9-12(2)16(11)19)20-15-10-14(18)17(15)6-4-3-5-7-17/h8-9,14-15H,3-7,10H2,1-2H3. The highest BCUT2D eigenvalue weighted by Gasteiger charge is 2.55. The van der Waals surface area contributed by atoms with Gasteiger partial charge < -0.3 is 4.74 Å². The Morgan fingerprint density at radius 2 is 1.75 bits per heavy atom. The topological polar surface area (TPSA) is 9.23 Å². The predicted molar refractivity (Wildman–Crippen MR) is 88.2 cm³/mol. The highest BCUT2D eigenvalue weighted by Crippen LogP contribution is 2.56. The van der Waals surface area contributed by atoms with Crippen LogP contribution in [0.1, 0.15) is 49.7 Å². The van der Waals surface area contributed by atoms with Crippen LogP contribution in [-0.4, -0.2) is 10.9 Å². The molecule has 0 aliphatic heterocycles. The number of alkyl halides is 1. The molecule has 3 rings (SSSR count). The lowest BCUT2D eigenvalue weighted by Crippen LogP contribution is -2.57. The van der Waals surface area contributed by atoms with Crippen molar-refractivity contribution in [3.05, 3.63) is 28.3 Å². The summed E-state index contributed by atoms with van der Waals surface area (Å²) in [7, 11) is 0. The van der Waals surface area contributed by atoms with Crippen LogP contribution < -0.4 is 4.74 Å². The molecule has 0 saturated heterocycles. The van der Waals surface area contributed by atoms with Crippen molar-refractivity contribution in [1.29, 1.82) is 0 Å². The largest absolute Gasteiger partial charge is 0.490 e. The van der Waals surface area contributed by atoms with Gasteiger partial charge in [-0.1, -0.05) is 46.8 Å². The molecule has 2 fully saturated rings. The van der Waals surface area contributed by atoms with E-state index in [4.69, 9.17) is 16.3 Å². The van der Waals surface area contributed by atoms with Crippen molar-refractivity contribution < 1.29 is 4.74 Å². The number of ether oxygens (including phenoxy) is 1. The zero-order chi connectivity index (χ0) is 14.3. The molecule has 0 bridgehead atoms. The van der Waals surface area contributed by atoms with Crippen LogP contribution >= 0.6 is 27.5 Å². The van der Waals surface area contributed by atoms with E-state index in [-0.39, 0.29) is 0 Å². The summed E-state index contributed by atoms with van der Waals surface area (Å²) in [6.07, 6.45) is 8.18. The molecule has 2 unspecified atom stereocenters. The fraction of sp³-hybridized carbons (Fsp3) is 0.647. The Hall–Kier alpha value is -0.210. The Bertz CT molecular complexity index is 485. The van der Waals surface area contributed by atoms with Gasteiger partial charge in [-0.3, -0.25) is 0 Å². The lowest BCUT2D eigenvalue weighted by Gasteiger charge is -2.55. The zero-order valence-corrected chi connectivity index (χ0v) is 14.6. The van der Waals surface area contributed by atoms with Gasteiger partial charge in [0.25, 0.3) is 0 Å². The minimum atomic E-state index is 0.368. The van der Waals surface area contributed by atoms with Crippen LogP contribution in [0.5, 0.6) is 5.75 Å². The Morgan fingerprint density at radius 3 is 2.30 bits per heavy atom. The first kappa shape index (κ1) is 14.7. The molecule has 0 amide bonds. The minimum Gasteiger partial charge on any atom is -0.490 e. The fourth-order valence-corrected chi connectivity index (χ4v) is 5.05. The van der Waals surface area contributed by atoms with Gasteiger partial charge in [0.05, 0.1) is 0 Å². The van der Waals surface area contributed by atoms with E-state index in [1.807, 2.05) is 13.8 Å². The van der Waals surface area contributed by atoms with E-state index in [0.29, 0.717) is 16.3 Å². The first-order chi connectivity index (χ1) is 9.53. The molecule has 0 heterocycles. The molecule has 2 saturated carbocycles. The van der Waals surface area contributed by atoms with Crippen LogP contribution in [0.4, 0.5) is 0 Å². The molecule has 1 spiro atoms. The number of hydrogen-bond donors (Lipinski definition) is 0. The van der Waals surface area contributed by atoms with Crippen LogP contribution in [0.15, 0.2) is 12.1 Å². The second kappa shape index (κ2) is 5.53. The van der Waals surface area contributed by atoms with Crippen LogP contribution in [0, 0.1) is 19.3 Å². The Morgan fingerprint density at radius 1 is 1.15 bits per heavy atom. The lowest BCUT2D eigenvalue weighted by molar-refractivity contribution is -0.0601. The summed E-state index contributed by atoms with van der Waals surface area (Å²) < 4.78 is 6.34. The molecule has 0 radical (unpaired) electrons. The number of hydrogen-bond acceptors (Lipinski definition) is 1. The Kier molecular flexibility index (Phi) is 4.07. The number of rotatable bonds is 2. The quantitative estimate of drug-likeness (QED) is 0.606. The molecule has 0 N–H and O–H groups in total. The molecule has 2 atom stereocenters. The van der Waals surface area contributed by atoms with Gasteiger partial charge in [-0.25, -0.2) is 0 Å². The molecule has 2 aliphatic rings. The van der Waals surface area contributed by atoms with Gasteiger partial charge in [-0.05, 0) is 56.4 Å². The van der Waals surface area contributed by atoms with E-state index in [0.717, 1.165) is 28.3 Å². The first-order valence-corrected chi connectivity index (χ1v) is 8.90. The zero-order valence-electron chi connectivity index (χ0n) is 12.2. The van der Waals surface area contributed by atoms with Crippen molar-refractivity contribution in [1.82, 2.24) is 0 Å². The predicted octanol–water partition coefficient (Wildman–Crippen LogP) is 5.82. The Labute approximate surface area is 135 Å². The summed E-state index contributed by atoms with van der Waals surface area (Å²) in [5.74, 6) is 0.985. The molecular weight excluding hydrogens is 336 g/mol. The third kappa shape index (κ3) is 2.39. The molecule has 3 heteroatoms. The van der Waals surface area contributed by atoms with E-state index < -0.39 is 0 Å². The molecule has 2 aliphatic carbocycles. The fourth-order valence-electron chi connectivity index (χ4n) is 3.85. The summed E-state index contributed by atoms with van der Waals surface area (Å²) in [4.78, 5) is 0.634. The van der Waals surface area contributed by atoms with Gasteiger partial charge in [0.2, 0.25) is 0 Å². The van der Waals surface area contributed by atoms with Crippen LogP contribution in [0.3, 0.4) is 0 Å². The third-order valence-electron chi connectivity index (χ3n) is 5.16. The lowest BCUT2D eigenvalue weighted by atomic mass is 9.58. The molecule has 110 valence electrons. The third-order valence-corrected chi connectivity index (χ3v) is 7.04. The molecule has 1 aromatic carbocycles. The molecule has 1 nitrogen and oxygen atoms in total. The summed E-state index contributed by atoms with van der Waals surface area (Å²) in [6, 6.07) is 4.15. The highest BCUT2D eigenvalue weighted by atomic mass is 79.9. The van der Waals surface area contributed by atoms with E-state index in [9.17, 15) is 0 Å². The van der Waals surface area contributed by atoms with Gasteiger partial charge in [0.15, 0.2) is 0 Å². The molecule has 20 heavy (non-hydrogen) atoms. The van der Waals surface area contributed by atoms with Gasteiger partial charge in [-0.2, -0.15) is 0 Å². The van der Waals surface area contributed by atoms with E-state index in [1.54, 1.807) is 0 Å². The molecule has 0 aromatic heterocycles. The Balaban J connectivity index is 1.78. The van der Waals surface area contributed by atoms with Crippen molar-refractivity contribution in [2.75, 3.05) is 0 Å². The second-order valence-electron chi connectivity index (χ2n) is 6.47. The van der Waals surface area contributed by atoms with E-state index >= 15 is 0 Å². The summed E-state index contributed by atoms with van der Waals surface area (Å²) in [5, 5.41) is 0.858. The summed E-state index contributed by atoms with van der Waals surface area (Å²) >= 11 is 10.1. The maximum Gasteiger partial charge on any atom is 0.120 e. The van der Waals surface area contributed by atoms with E-state index in [1.165, 1.54) is 32.1 Å². The number of halogens is 2. The average Bonchev–Trinajstić information content (AvgIpc) is 2.45. The maximum absolute atomic E-state index is 6.34. The maximum atomic E-state index is 6.34. The van der Waals surface area contributed by atoms with Crippen LogP contribution in [-0.2, 0) is 0 Å². The van der Waals surface area contributed by atoms with Gasteiger partial charge in [-0.15, -0.1) is 0 Å². The van der Waals surface area contributed by atoms with Crippen molar-refractivity contribution in [2.45, 2.75) is 63.3 Å². The second-order valence-corrected chi connectivity index (χ2v) is 7.96. The minimum absolute atomic E-state index is 0.368. The van der Waals surface area contributed by atoms with Crippen molar-refractivity contribution in [3.63, 3.8) is 0 Å². The smallest absolute Gasteiger partial charge is 0.120 e. The molecule has 1 aromatic rings. The monoisotopic (exact) mass is 356 g/mol. The van der Waals surface area contributed by atoms with Gasteiger partial charge in [0.1, 0.15) is 11.9 Å². The van der Waals surface area contributed by atoms with E-state index in [2.05, 4.69) is 28.1 Å². The molecular formula is C17H22BrClO. The summed E-state index contributed by atoms with van der Waals surface area (Å²) in [5.41, 5.74) is 2.59. The SMILES string of the molecule is Cc1cc(OC2CC(Br)C23CCCCC3)cc(C)c1Cl. The van der Waals surface area contributed by atoms with Crippen LogP contribution in [0.25, 0.3) is 0 Å². The van der Waals surface area contributed by atoms with Crippen LogP contribution in [0.2, 0.25) is 5.02 Å². The van der Waals surface area contributed by atoms with Crippen molar-refractivity contribution >= 4 is 27.5 Å². The van der Waals surface area contributed by atoms with Gasteiger partial charge >= 0.3 is 0 Å². The normalized spacial score (nSPS) is 28.2. The van der Waals surface area contributed by atoms with Crippen molar-refractivity contribution in [2.24, 2.45) is 5.41 Å². The van der Waals surface area contributed by atoms with Crippen molar-refractivity contribution in [3.8, 4) is 5.75 Å². The average molecular weight is 358 g/mol. The van der Waals surface area contributed by atoms with Gasteiger partial charge in [0, 0.05) is 15.3 Å². The number of aryl methyl sites for hydroxylation is 2.